The van der Waals surface area contributed by atoms with Crippen LogP contribution in [0.2, 0.25) is 0 Å². The molecule has 1 fully saturated rings. The number of aromatic nitrogens is 1. The number of pyridine rings is 1. The number of para-hydroxylation sites is 1. The van der Waals surface area contributed by atoms with Crippen molar-refractivity contribution in [3.63, 3.8) is 0 Å². The van der Waals surface area contributed by atoms with Crippen molar-refractivity contribution < 1.29 is 0 Å². The van der Waals surface area contributed by atoms with Crippen molar-refractivity contribution in [3.8, 4) is 0 Å². The first-order valence-corrected chi connectivity index (χ1v) is 8.09. The summed E-state index contributed by atoms with van der Waals surface area (Å²) < 4.78 is 0. The van der Waals surface area contributed by atoms with Crippen LogP contribution >= 0.6 is 15.9 Å². The molecule has 1 aliphatic rings. The van der Waals surface area contributed by atoms with E-state index in [9.17, 15) is 0 Å². The normalized spacial score (nSPS) is 19.9. The summed E-state index contributed by atoms with van der Waals surface area (Å²) in [5.74, 6) is 1.94. The van der Waals surface area contributed by atoms with Gasteiger partial charge in [0.1, 0.15) is 5.82 Å². The first-order chi connectivity index (χ1) is 9.28. The van der Waals surface area contributed by atoms with Gasteiger partial charge < -0.3 is 4.90 Å². The summed E-state index contributed by atoms with van der Waals surface area (Å²) in [5.41, 5.74) is 2.40. The molecule has 1 saturated heterocycles. The highest BCUT2D eigenvalue weighted by Crippen LogP contribution is 2.28. The summed E-state index contributed by atoms with van der Waals surface area (Å²) in [5, 5.41) is 2.09. The van der Waals surface area contributed by atoms with Gasteiger partial charge in [-0.3, -0.25) is 0 Å². The lowest BCUT2D eigenvalue weighted by Crippen LogP contribution is -2.35. The summed E-state index contributed by atoms with van der Waals surface area (Å²) in [6.07, 6.45) is 2.62. The van der Waals surface area contributed by atoms with Gasteiger partial charge in [-0.1, -0.05) is 41.1 Å². The van der Waals surface area contributed by atoms with Crippen molar-refractivity contribution in [2.45, 2.75) is 25.1 Å². The zero-order chi connectivity index (χ0) is 13.2. The maximum atomic E-state index is 4.90. The highest BCUT2D eigenvalue weighted by atomic mass is 79.9. The van der Waals surface area contributed by atoms with Crippen LogP contribution in [0.15, 0.2) is 30.3 Å². The van der Waals surface area contributed by atoms with Gasteiger partial charge >= 0.3 is 0 Å². The molecular formula is C16H19BrN2. The number of piperidine rings is 1. The van der Waals surface area contributed by atoms with E-state index in [-0.39, 0.29) is 0 Å². The molecule has 1 aromatic heterocycles. The predicted octanol–water partition coefficient (Wildman–Crippen LogP) is 4.37. The molecule has 2 heterocycles. The molecule has 1 atom stereocenters. The molecule has 0 radical (unpaired) electrons. The largest absolute Gasteiger partial charge is 0.356 e. The number of alkyl halides is 1. The van der Waals surface area contributed by atoms with Crippen molar-refractivity contribution in [3.05, 3.63) is 35.9 Å². The van der Waals surface area contributed by atoms with Crippen molar-refractivity contribution in [1.29, 1.82) is 0 Å². The molecule has 19 heavy (non-hydrogen) atoms. The van der Waals surface area contributed by atoms with Crippen molar-refractivity contribution in [2.24, 2.45) is 5.92 Å². The fourth-order valence-electron chi connectivity index (χ4n) is 2.90. The number of fused-ring (bicyclic) bond motifs is 1. The summed E-state index contributed by atoms with van der Waals surface area (Å²) in [6.45, 7) is 4.60. The Morgan fingerprint density at radius 2 is 2.21 bits per heavy atom. The van der Waals surface area contributed by atoms with Crippen LogP contribution in [0.3, 0.4) is 0 Å². The van der Waals surface area contributed by atoms with Gasteiger partial charge in [-0.05, 0) is 30.9 Å². The Hall–Kier alpha value is -1.09. The van der Waals surface area contributed by atoms with Gasteiger partial charge in [0.2, 0.25) is 0 Å². The molecule has 0 bridgehead atoms. The van der Waals surface area contributed by atoms with E-state index in [1.807, 2.05) is 0 Å². The fourth-order valence-corrected chi connectivity index (χ4v) is 3.32. The smallest absolute Gasteiger partial charge is 0.133 e. The van der Waals surface area contributed by atoms with E-state index in [0.29, 0.717) is 0 Å². The number of rotatable bonds is 2. The van der Waals surface area contributed by atoms with E-state index in [2.05, 4.69) is 58.1 Å². The minimum absolute atomic E-state index is 0.769. The molecule has 0 N–H and O–H groups in total. The van der Waals surface area contributed by atoms with Gasteiger partial charge in [-0.15, -0.1) is 0 Å². The lowest BCUT2D eigenvalue weighted by atomic mass is 10.00. The molecule has 1 unspecified atom stereocenters. The first-order valence-electron chi connectivity index (χ1n) is 6.97. The maximum absolute atomic E-state index is 4.90. The van der Waals surface area contributed by atoms with E-state index in [0.717, 1.165) is 29.9 Å². The highest BCUT2D eigenvalue weighted by Gasteiger charge is 2.20. The molecular weight excluding hydrogens is 300 g/mol. The van der Waals surface area contributed by atoms with E-state index in [1.165, 1.54) is 29.6 Å². The standard InChI is InChI=1S/C16H19BrN2/c1-12-5-4-8-19(11-12)16-14(10-17)9-13-6-2-3-7-15(13)18-16/h2-3,6-7,9,12H,4-5,8,10-11H2,1H3. The molecule has 3 rings (SSSR count). The predicted molar refractivity (Wildman–Crippen MR) is 85.0 cm³/mol. The Balaban J connectivity index is 2.05. The Bertz CT molecular complexity index is 582. The summed E-state index contributed by atoms with van der Waals surface area (Å²) >= 11 is 3.61. The van der Waals surface area contributed by atoms with Crippen LogP contribution in [0.1, 0.15) is 25.3 Å². The van der Waals surface area contributed by atoms with Gasteiger partial charge in [0, 0.05) is 29.4 Å². The summed E-state index contributed by atoms with van der Waals surface area (Å²) in [4.78, 5) is 7.36. The molecule has 0 amide bonds. The third kappa shape index (κ3) is 2.62. The molecule has 0 spiro atoms. The van der Waals surface area contributed by atoms with E-state index in [4.69, 9.17) is 4.98 Å². The lowest BCUT2D eigenvalue weighted by molar-refractivity contribution is 0.444. The molecule has 100 valence electrons. The SMILES string of the molecule is CC1CCCN(c2nc3ccccc3cc2CBr)C1. The number of hydrogen-bond acceptors (Lipinski definition) is 2. The second-order valence-corrected chi connectivity index (χ2v) is 6.05. The monoisotopic (exact) mass is 318 g/mol. The molecule has 2 nitrogen and oxygen atoms in total. The molecule has 3 heteroatoms. The number of hydrogen-bond donors (Lipinski definition) is 0. The van der Waals surface area contributed by atoms with Gasteiger partial charge in [0.05, 0.1) is 5.52 Å². The molecule has 1 aromatic carbocycles. The number of halogens is 1. The number of nitrogens with zero attached hydrogens (tertiary/aromatic N) is 2. The average molecular weight is 319 g/mol. The number of benzene rings is 1. The quantitative estimate of drug-likeness (QED) is 0.764. The minimum atomic E-state index is 0.769. The first kappa shape index (κ1) is 12.9. The topological polar surface area (TPSA) is 16.1 Å². The highest BCUT2D eigenvalue weighted by molar-refractivity contribution is 9.08. The number of anilines is 1. The van der Waals surface area contributed by atoms with E-state index in [1.54, 1.807) is 0 Å². The van der Waals surface area contributed by atoms with Crippen molar-refractivity contribution >= 4 is 32.7 Å². The van der Waals surface area contributed by atoms with Crippen LogP contribution < -0.4 is 4.90 Å². The van der Waals surface area contributed by atoms with E-state index < -0.39 is 0 Å². The maximum Gasteiger partial charge on any atom is 0.133 e. The average Bonchev–Trinajstić information content (AvgIpc) is 2.46. The molecule has 0 aliphatic carbocycles. The third-order valence-electron chi connectivity index (χ3n) is 3.88. The Kier molecular flexibility index (Phi) is 3.74. The molecule has 2 aromatic rings. The molecule has 1 aliphatic heterocycles. The zero-order valence-corrected chi connectivity index (χ0v) is 12.9. The minimum Gasteiger partial charge on any atom is -0.356 e. The third-order valence-corrected chi connectivity index (χ3v) is 4.48. The van der Waals surface area contributed by atoms with Gasteiger partial charge in [0.25, 0.3) is 0 Å². The second-order valence-electron chi connectivity index (χ2n) is 5.49. The van der Waals surface area contributed by atoms with Crippen LogP contribution in [0, 0.1) is 5.92 Å². The van der Waals surface area contributed by atoms with Crippen LogP contribution in [0.25, 0.3) is 10.9 Å². The summed E-state index contributed by atoms with van der Waals surface area (Å²) in [6, 6.07) is 10.6. The Morgan fingerprint density at radius 1 is 1.37 bits per heavy atom. The summed E-state index contributed by atoms with van der Waals surface area (Å²) in [7, 11) is 0. The Labute approximate surface area is 123 Å². The zero-order valence-electron chi connectivity index (χ0n) is 11.3. The van der Waals surface area contributed by atoms with Crippen LogP contribution in [0.5, 0.6) is 0 Å². The van der Waals surface area contributed by atoms with Crippen LogP contribution in [-0.2, 0) is 5.33 Å². The Morgan fingerprint density at radius 3 is 3.00 bits per heavy atom. The lowest BCUT2D eigenvalue weighted by Gasteiger charge is -2.33. The van der Waals surface area contributed by atoms with Crippen molar-refractivity contribution in [2.75, 3.05) is 18.0 Å². The van der Waals surface area contributed by atoms with Crippen LogP contribution in [0.4, 0.5) is 5.82 Å². The van der Waals surface area contributed by atoms with E-state index >= 15 is 0 Å². The van der Waals surface area contributed by atoms with Crippen LogP contribution in [-0.4, -0.2) is 18.1 Å². The van der Waals surface area contributed by atoms with Gasteiger partial charge in [0.15, 0.2) is 0 Å². The van der Waals surface area contributed by atoms with Gasteiger partial charge in [-0.2, -0.15) is 0 Å². The van der Waals surface area contributed by atoms with Gasteiger partial charge in [-0.25, -0.2) is 4.98 Å². The van der Waals surface area contributed by atoms with Crippen molar-refractivity contribution in [1.82, 2.24) is 4.98 Å². The fraction of sp³-hybridized carbons (Fsp3) is 0.438. The molecule has 0 saturated carbocycles. The second kappa shape index (κ2) is 5.49.